The molecule has 6 heteroatoms. The van der Waals surface area contributed by atoms with Crippen molar-refractivity contribution in [1.82, 2.24) is 4.90 Å². The maximum absolute atomic E-state index is 12.3. The molecule has 0 aromatic heterocycles. The summed E-state index contributed by atoms with van der Waals surface area (Å²) in [6, 6.07) is 6.58. The molecule has 0 atom stereocenters. The largest absolute Gasteiger partial charge is 0.480 e. The van der Waals surface area contributed by atoms with Gasteiger partial charge in [-0.3, -0.25) is 14.4 Å². The van der Waals surface area contributed by atoms with Crippen molar-refractivity contribution in [3.05, 3.63) is 29.8 Å². The first-order valence-electron chi connectivity index (χ1n) is 7.38. The van der Waals surface area contributed by atoms with Crippen LogP contribution in [0.25, 0.3) is 0 Å². The summed E-state index contributed by atoms with van der Waals surface area (Å²) in [4.78, 5) is 37.2. The Morgan fingerprint density at radius 3 is 2.36 bits per heavy atom. The Kier molecular flexibility index (Phi) is 4.49. The SMILES string of the molecule is CCN(CC)C(=O)c1cccc(NC(=O)C2(C(=O)O)CC2)c1. The molecule has 0 aliphatic heterocycles. The molecule has 1 aromatic rings. The van der Waals surface area contributed by atoms with E-state index in [4.69, 9.17) is 5.11 Å². The molecular formula is C16H20N2O4. The van der Waals surface area contributed by atoms with Crippen LogP contribution in [0.5, 0.6) is 0 Å². The van der Waals surface area contributed by atoms with Crippen molar-refractivity contribution >= 4 is 23.5 Å². The average Bonchev–Trinajstić information content (AvgIpc) is 3.30. The Balaban J connectivity index is 2.14. The minimum Gasteiger partial charge on any atom is -0.480 e. The van der Waals surface area contributed by atoms with Crippen LogP contribution in [0.4, 0.5) is 5.69 Å². The van der Waals surface area contributed by atoms with Gasteiger partial charge >= 0.3 is 5.97 Å². The average molecular weight is 304 g/mol. The topological polar surface area (TPSA) is 86.7 Å². The highest BCUT2D eigenvalue weighted by Crippen LogP contribution is 2.46. The number of anilines is 1. The zero-order valence-electron chi connectivity index (χ0n) is 12.8. The molecule has 1 aromatic carbocycles. The Labute approximate surface area is 129 Å². The van der Waals surface area contributed by atoms with Crippen LogP contribution >= 0.6 is 0 Å². The lowest BCUT2D eigenvalue weighted by atomic mass is 10.1. The van der Waals surface area contributed by atoms with Gasteiger partial charge in [-0.25, -0.2) is 0 Å². The van der Waals surface area contributed by atoms with Gasteiger partial charge in [0.2, 0.25) is 5.91 Å². The first-order chi connectivity index (χ1) is 10.4. The van der Waals surface area contributed by atoms with E-state index in [0.29, 0.717) is 37.2 Å². The maximum Gasteiger partial charge on any atom is 0.319 e. The zero-order valence-corrected chi connectivity index (χ0v) is 12.8. The smallest absolute Gasteiger partial charge is 0.319 e. The number of carbonyl (C=O) groups is 3. The van der Waals surface area contributed by atoms with Crippen molar-refractivity contribution in [1.29, 1.82) is 0 Å². The fraction of sp³-hybridized carbons (Fsp3) is 0.438. The molecule has 1 aliphatic rings. The number of carboxylic acids is 1. The normalized spacial score (nSPS) is 15.0. The van der Waals surface area contributed by atoms with Gasteiger partial charge in [-0.1, -0.05) is 6.07 Å². The number of hydrogen-bond acceptors (Lipinski definition) is 3. The summed E-state index contributed by atoms with van der Waals surface area (Å²) in [6.45, 7) is 5.01. The molecule has 0 bridgehead atoms. The minimum absolute atomic E-state index is 0.111. The third-order valence-corrected chi connectivity index (χ3v) is 4.01. The van der Waals surface area contributed by atoms with Gasteiger partial charge < -0.3 is 15.3 Å². The lowest BCUT2D eigenvalue weighted by molar-refractivity contribution is -0.147. The zero-order chi connectivity index (χ0) is 16.3. The van der Waals surface area contributed by atoms with Crippen LogP contribution in [0, 0.1) is 5.41 Å². The van der Waals surface area contributed by atoms with E-state index in [1.165, 1.54) is 0 Å². The summed E-state index contributed by atoms with van der Waals surface area (Å²) in [7, 11) is 0. The molecule has 0 saturated heterocycles. The minimum atomic E-state index is -1.29. The third-order valence-electron chi connectivity index (χ3n) is 4.01. The van der Waals surface area contributed by atoms with Crippen molar-refractivity contribution in [2.24, 2.45) is 5.41 Å². The van der Waals surface area contributed by atoms with Crippen LogP contribution < -0.4 is 5.32 Å². The third kappa shape index (κ3) is 2.95. The monoisotopic (exact) mass is 304 g/mol. The number of nitrogens with one attached hydrogen (secondary N) is 1. The summed E-state index contributed by atoms with van der Waals surface area (Å²) in [6.07, 6.45) is 0.707. The Hall–Kier alpha value is -2.37. The van der Waals surface area contributed by atoms with E-state index in [1.54, 1.807) is 29.2 Å². The Bertz CT molecular complexity index is 604. The molecule has 0 unspecified atom stereocenters. The van der Waals surface area contributed by atoms with Crippen molar-refractivity contribution in [3.8, 4) is 0 Å². The number of carboxylic acid groups (broad SMARTS) is 1. The van der Waals surface area contributed by atoms with Crippen LogP contribution in [0.3, 0.4) is 0 Å². The van der Waals surface area contributed by atoms with Crippen LogP contribution in [0.2, 0.25) is 0 Å². The second kappa shape index (κ2) is 6.17. The van der Waals surface area contributed by atoms with Gasteiger partial charge in [0.15, 0.2) is 0 Å². The van der Waals surface area contributed by atoms with Gasteiger partial charge in [0.1, 0.15) is 5.41 Å². The van der Waals surface area contributed by atoms with Crippen LogP contribution in [-0.4, -0.2) is 40.9 Å². The van der Waals surface area contributed by atoms with Crippen molar-refractivity contribution in [2.75, 3.05) is 18.4 Å². The van der Waals surface area contributed by atoms with Gasteiger partial charge in [0, 0.05) is 24.3 Å². The van der Waals surface area contributed by atoms with E-state index in [1.807, 2.05) is 13.8 Å². The van der Waals surface area contributed by atoms with Gasteiger partial charge in [-0.15, -0.1) is 0 Å². The van der Waals surface area contributed by atoms with Gasteiger partial charge in [-0.05, 0) is 44.9 Å². The van der Waals surface area contributed by atoms with Gasteiger partial charge in [-0.2, -0.15) is 0 Å². The highest BCUT2D eigenvalue weighted by Gasteiger charge is 2.57. The van der Waals surface area contributed by atoms with E-state index in [2.05, 4.69) is 5.32 Å². The number of hydrogen-bond donors (Lipinski definition) is 2. The van der Waals surface area contributed by atoms with E-state index in [-0.39, 0.29) is 5.91 Å². The van der Waals surface area contributed by atoms with Gasteiger partial charge in [0.25, 0.3) is 5.91 Å². The Morgan fingerprint density at radius 1 is 1.23 bits per heavy atom. The van der Waals surface area contributed by atoms with Crippen molar-refractivity contribution in [3.63, 3.8) is 0 Å². The highest BCUT2D eigenvalue weighted by molar-refractivity contribution is 6.11. The van der Waals surface area contributed by atoms with E-state index >= 15 is 0 Å². The molecule has 1 aliphatic carbocycles. The fourth-order valence-corrected chi connectivity index (χ4v) is 2.34. The second-order valence-corrected chi connectivity index (χ2v) is 5.40. The van der Waals surface area contributed by atoms with Crippen molar-refractivity contribution < 1.29 is 19.5 Å². The molecule has 2 N–H and O–H groups in total. The molecule has 2 amide bonds. The van der Waals surface area contributed by atoms with E-state index in [0.717, 1.165) is 0 Å². The molecule has 2 rings (SSSR count). The standard InChI is InChI=1S/C16H20N2O4/c1-3-18(4-2)13(19)11-6-5-7-12(10-11)17-14(20)16(8-9-16)15(21)22/h5-7,10H,3-4,8-9H2,1-2H3,(H,17,20)(H,21,22). The summed E-state index contributed by atoms with van der Waals surface area (Å²) in [5.74, 6) is -1.73. The highest BCUT2D eigenvalue weighted by atomic mass is 16.4. The molecule has 6 nitrogen and oxygen atoms in total. The Morgan fingerprint density at radius 2 is 1.86 bits per heavy atom. The lowest BCUT2D eigenvalue weighted by Gasteiger charge is -2.19. The molecule has 0 spiro atoms. The second-order valence-electron chi connectivity index (χ2n) is 5.40. The predicted octanol–water partition coefficient (Wildman–Crippen LogP) is 1.97. The number of carbonyl (C=O) groups excluding carboxylic acids is 2. The molecule has 1 fully saturated rings. The summed E-state index contributed by atoms with van der Waals surface area (Å²) < 4.78 is 0. The summed E-state index contributed by atoms with van der Waals surface area (Å²) in [5.41, 5.74) is -0.379. The molecule has 1 saturated carbocycles. The number of benzene rings is 1. The molecule has 118 valence electrons. The number of amides is 2. The molecular weight excluding hydrogens is 284 g/mol. The number of rotatable bonds is 6. The number of nitrogens with zero attached hydrogens (tertiary/aromatic N) is 1. The fourth-order valence-electron chi connectivity index (χ4n) is 2.34. The quantitative estimate of drug-likeness (QED) is 0.787. The molecule has 0 heterocycles. The maximum atomic E-state index is 12.3. The first kappa shape index (κ1) is 16.0. The predicted molar refractivity (Wildman–Crippen MR) is 81.6 cm³/mol. The van der Waals surface area contributed by atoms with E-state index < -0.39 is 17.3 Å². The lowest BCUT2D eigenvalue weighted by Crippen LogP contribution is -2.32. The van der Waals surface area contributed by atoms with Crippen LogP contribution in [0.1, 0.15) is 37.0 Å². The summed E-state index contributed by atoms with van der Waals surface area (Å²) >= 11 is 0. The number of aliphatic carboxylic acids is 1. The van der Waals surface area contributed by atoms with Crippen molar-refractivity contribution in [2.45, 2.75) is 26.7 Å². The first-order valence-corrected chi connectivity index (χ1v) is 7.38. The van der Waals surface area contributed by atoms with E-state index in [9.17, 15) is 14.4 Å². The van der Waals surface area contributed by atoms with Gasteiger partial charge in [0.05, 0.1) is 0 Å². The van der Waals surface area contributed by atoms with Crippen LogP contribution in [-0.2, 0) is 9.59 Å². The molecule has 22 heavy (non-hydrogen) atoms. The van der Waals surface area contributed by atoms with Crippen LogP contribution in [0.15, 0.2) is 24.3 Å². The summed E-state index contributed by atoms with van der Waals surface area (Å²) in [5, 5.41) is 11.7. The molecule has 0 radical (unpaired) electrons.